The van der Waals surface area contributed by atoms with Crippen molar-refractivity contribution < 1.29 is 19.8 Å². The fraction of sp³-hybridized carbons (Fsp3) is 0.0714. The normalized spacial score (nSPS) is 10.1. The second-order valence-electron chi connectivity index (χ2n) is 4.03. The molecule has 1 aromatic carbocycles. The van der Waals surface area contributed by atoms with Crippen molar-refractivity contribution in [2.45, 2.75) is 4.90 Å². The van der Waals surface area contributed by atoms with Crippen molar-refractivity contribution in [2.24, 2.45) is 0 Å². The van der Waals surface area contributed by atoms with Crippen LogP contribution >= 0.6 is 11.8 Å². The highest BCUT2D eigenvalue weighted by Crippen LogP contribution is 2.27. The van der Waals surface area contributed by atoms with Crippen LogP contribution in [0.15, 0.2) is 47.6 Å². The number of aromatic nitrogens is 1. The molecule has 0 saturated carbocycles. The van der Waals surface area contributed by atoms with Crippen molar-refractivity contribution in [2.75, 3.05) is 11.1 Å². The van der Waals surface area contributed by atoms with E-state index in [4.69, 9.17) is 5.11 Å². The number of hydrogen-bond acceptors (Lipinski definition) is 5. The van der Waals surface area contributed by atoms with E-state index in [2.05, 4.69) is 10.3 Å². The third kappa shape index (κ3) is 3.96. The van der Waals surface area contributed by atoms with Crippen LogP contribution in [0.25, 0.3) is 0 Å². The summed E-state index contributed by atoms with van der Waals surface area (Å²) in [6.07, 6.45) is 3.25. The maximum atomic E-state index is 11.8. The monoisotopic (exact) mass is 304 g/mol. The van der Waals surface area contributed by atoms with Gasteiger partial charge in [-0.25, -0.2) is 4.79 Å². The van der Waals surface area contributed by atoms with Crippen LogP contribution in [0.4, 0.5) is 5.69 Å². The molecule has 6 nitrogen and oxygen atoms in total. The molecule has 0 fully saturated rings. The van der Waals surface area contributed by atoms with Gasteiger partial charge in [0.25, 0.3) is 0 Å². The number of aromatic carboxylic acids is 1. The van der Waals surface area contributed by atoms with E-state index in [0.29, 0.717) is 0 Å². The largest absolute Gasteiger partial charge is 0.505 e. The summed E-state index contributed by atoms with van der Waals surface area (Å²) in [5.41, 5.74) is -0.176. The number of pyridine rings is 1. The minimum Gasteiger partial charge on any atom is -0.505 e. The van der Waals surface area contributed by atoms with Gasteiger partial charge in [-0.2, -0.15) is 0 Å². The van der Waals surface area contributed by atoms with Gasteiger partial charge in [-0.05, 0) is 24.3 Å². The smallest absolute Gasteiger partial charge is 0.339 e. The Hall–Kier alpha value is -2.54. The predicted octanol–water partition coefficient (Wildman–Crippen LogP) is 2.22. The van der Waals surface area contributed by atoms with Crippen LogP contribution in [0.3, 0.4) is 0 Å². The van der Waals surface area contributed by atoms with E-state index >= 15 is 0 Å². The summed E-state index contributed by atoms with van der Waals surface area (Å²) in [6, 6.07) is 7.71. The van der Waals surface area contributed by atoms with Gasteiger partial charge in [0.15, 0.2) is 5.75 Å². The molecule has 2 rings (SSSR count). The Morgan fingerprint density at radius 2 is 1.90 bits per heavy atom. The standard InChI is InChI=1S/C14H12N2O4S/c17-12(8-21-9-4-6-15-7-5-9)16-11-3-1-2-10(13(11)18)14(19)20/h1-7,18H,8H2,(H,16,17)(H,19,20). The first-order valence-corrected chi connectivity index (χ1v) is 6.94. The van der Waals surface area contributed by atoms with Gasteiger partial charge in [0.1, 0.15) is 5.56 Å². The number of phenols is 1. The van der Waals surface area contributed by atoms with E-state index in [1.165, 1.54) is 30.0 Å². The van der Waals surface area contributed by atoms with Gasteiger partial charge in [-0.1, -0.05) is 6.07 Å². The molecule has 0 saturated heterocycles. The molecule has 0 radical (unpaired) electrons. The molecule has 0 aliphatic heterocycles. The first-order valence-electron chi connectivity index (χ1n) is 5.96. The fourth-order valence-corrected chi connectivity index (χ4v) is 2.27. The lowest BCUT2D eigenvalue weighted by Gasteiger charge is -2.09. The van der Waals surface area contributed by atoms with Gasteiger partial charge in [0, 0.05) is 17.3 Å². The van der Waals surface area contributed by atoms with Gasteiger partial charge in [-0.15, -0.1) is 11.8 Å². The number of rotatable bonds is 5. The van der Waals surface area contributed by atoms with E-state index < -0.39 is 11.7 Å². The Kier molecular flexibility index (Phi) is 4.78. The van der Waals surface area contributed by atoms with Crippen LogP contribution in [-0.4, -0.2) is 32.8 Å². The number of carbonyl (C=O) groups is 2. The maximum Gasteiger partial charge on any atom is 0.339 e. The molecule has 21 heavy (non-hydrogen) atoms. The number of para-hydroxylation sites is 1. The second-order valence-corrected chi connectivity index (χ2v) is 5.08. The Balaban J connectivity index is 2.00. The number of nitrogens with zero attached hydrogens (tertiary/aromatic N) is 1. The van der Waals surface area contributed by atoms with Crippen molar-refractivity contribution in [1.82, 2.24) is 4.98 Å². The van der Waals surface area contributed by atoms with Crippen LogP contribution in [0.5, 0.6) is 5.75 Å². The molecule has 3 N–H and O–H groups in total. The summed E-state index contributed by atoms with van der Waals surface area (Å²) in [5, 5.41) is 21.2. The molecule has 108 valence electrons. The summed E-state index contributed by atoms with van der Waals surface area (Å²) in [4.78, 5) is 27.5. The molecule has 0 aliphatic carbocycles. The van der Waals surface area contributed by atoms with E-state index in [-0.39, 0.29) is 22.9 Å². The number of thioether (sulfide) groups is 1. The molecule has 2 aromatic rings. The highest BCUT2D eigenvalue weighted by atomic mass is 32.2. The lowest BCUT2D eigenvalue weighted by Crippen LogP contribution is -2.14. The highest BCUT2D eigenvalue weighted by molar-refractivity contribution is 8.00. The zero-order valence-corrected chi connectivity index (χ0v) is 11.6. The summed E-state index contributed by atoms with van der Waals surface area (Å²) in [6.45, 7) is 0. The molecular formula is C14H12N2O4S. The maximum absolute atomic E-state index is 11.8. The molecule has 1 aromatic heterocycles. The predicted molar refractivity (Wildman–Crippen MR) is 78.7 cm³/mol. The first kappa shape index (κ1) is 14.9. The summed E-state index contributed by atoms with van der Waals surface area (Å²) in [5.74, 6) is -1.91. The summed E-state index contributed by atoms with van der Waals surface area (Å²) >= 11 is 1.31. The number of carboxylic acids is 1. The van der Waals surface area contributed by atoms with E-state index in [1.807, 2.05) is 0 Å². The number of benzene rings is 1. The zero-order valence-electron chi connectivity index (χ0n) is 10.8. The fourth-order valence-electron chi connectivity index (χ4n) is 1.59. The van der Waals surface area contributed by atoms with Crippen molar-refractivity contribution in [3.63, 3.8) is 0 Å². The van der Waals surface area contributed by atoms with E-state index in [1.54, 1.807) is 24.5 Å². The number of amides is 1. The third-order valence-electron chi connectivity index (χ3n) is 2.56. The van der Waals surface area contributed by atoms with Crippen LogP contribution in [-0.2, 0) is 4.79 Å². The van der Waals surface area contributed by atoms with Gasteiger partial charge in [0.05, 0.1) is 11.4 Å². The number of carbonyl (C=O) groups excluding carboxylic acids is 1. The van der Waals surface area contributed by atoms with Gasteiger partial charge < -0.3 is 15.5 Å². The average molecular weight is 304 g/mol. The Morgan fingerprint density at radius 1 is 1.19 bits per heavy atom. The molecular weight excluding hydrogens is 292 g/mol. The van der Waals surface area contributed by atoms with Gasteiger partial charge in [0.2, 0.25) is 5.91 Å². The number of anilines is 1. The SMILES string of the molecule is O=C(CSc1ccncc1)Nc1cccc(C(=O)O)c1O. The number of carboxylic acid groups (broad SMARTS) is 1. The molecule has 0 spiro atoms. The molecule has 1 heterocycles. The van der Waals surface area contributed by atoms with Crippen LogP contribution in [0, 0.1) is 0 Å². The van der Waals surface area contributed by atoms with Crippen molar-refractivity contribution in [3.05, 3.63) is 48.3 Å². The third-order valence-corrected chi connectivity index (χ3v) is 3.57. The highest BCUT2D eigenvalue weighted by Gasteiger charge is 2.14. The van der Waals surface area contributed by atoms with Crippen molar-refractivity contribution >= 4 is 29.3 Å². The quantitative estimate of drug-likeness (QED) is 0.578. The topological polar surface area (TPSA) is 99.5 Å². The molecule has 1 amide bonds. The molecule has 0 aliphatic rings. The first-order chi connectivity index (χ1) is 10.1. The van der Waals surface area contributed by atoms with E-state index in [0.717, 1.165) is 4.90 Å². The Bertz CT molecular complexity index is 661. The molecule has 0 bridgehead atoms. The molecule has 7 heteroatoms. The zero-order chi connectivity index (χ0) is 15.2. The number of aromatic hydroxyl groups is 1. The summed E-state index contributed by atoms with van der Waals surface area (Å²) in [7, 11) is 0. The van der Waals surface area contributed by atoms with Crippen LogP contribution < -0.4 is 5.32 Å². The number of nitrogens with one attached hydrogen (secondary N) is 1. The average Bonchev–Trinajstić information content (AvgIpc) is 2.48. The molecule has 0 atom stereocenters. The lowest BCUT2D eigenvalue weighted by molar-refractivity contribution is -0.113. The van der Waals surface area contributed by atoms with Gasteiger partial charge in [-0.3, -0.25) is 9.78 Å². The molecule has 0 unspecified atom stereocenters. The lowest BCUT2D eigenvalue weighted by atomic mass is 10.1. The minimum absolute atomic E-state index is 0.0789. The van der Waals surface area contributed by atoms with Crippen LogP contribution in [0.1, 0.15) is 10.4 Å². The summed E-state index contributed by atoms with van der Waals surface area (Å²) < 4.78 is 0. The Morgan fingerprint density at radius 3 is 2.57 bits per heavy atom. The van der Waals surface area contributed by atoms with Crippen molar-refractivity contribution in [3.8, 4) is 5.75 Å². The van der Waals surface area contributed by atoms with Crippen molar-refractivity contribution in [1.29, 1.82) is 0 Å². The Labute approximate surface area is 124 Å². The minimum atomic E-state index is -1.25. The van der Waals surface area contributed by atoms with Crippen LogP contribution in [0.2, 0.25) is 0 Å². The van der Waals surface area contributed by atoms with Gasteiger partial charge >= 0.3 is 5.97 Å². The second kappa shape index (κ2) is 6.76. The number of hydrogen-bond donors (Lipinski definition) is 3. The van der Waals surface area contributed by atoms with E-state index in [9.17, 15) is 14.7 Å².